The largest absolute Gasteiger partial charge is 0.496 e. The number of ether oxygens (including phenoxy) is 2. The number of para-hydroxylation sites is 1. The molecule has 1 amide bonds. The number of aromatic nitrogens is 2. The molecule has 6 heteroatoms. The fourth-order valence-electron chi connectivity index (χ4n) is 1.97. The van der Waals surface area contributed by atoms with Crippen LogP contribution in [0.5, 0.6) is 11.8 Å². The van der Waals surface area contributed by atoms with Crippen LogP contribution in [0.4, 0.5) is 5.69 Å². The molecule has 0 radical (unpaired) electrons. The lowest BCUT2D eigenvalue weighted by Crippen LogP contribution is -2.16. The molecule has 1 N–H and O–H groups in total. The number of nitrogens with zero attached hydrogens (tertiary/aromatic N) is 2. The molecule has 1 aromatic heterocycles. The highest BCUT2D eigenvalue weighted by atomic mass is 16.5. The van der Waals surface area contributed by atoms with E-state index in [1.165, 1.54) is 14.2 Å². The van der Waals surface area contributed by atoms with Crippen molar-refractivity contribution >= 4 is 11.6 Å². The molecule has 0 aliphatic heterocycles. The quantitative estimate of drug-likeness (QED) is 0.934. The van der Waals surface area contributed by atoms with Gasteiger partial charge in [0.2, 0.25) is 0 Å². The number of aryl methyl sites for hydroxylation is 2. The second-order valence-corrected chi connectivity index (χ2v) is 4.41. The molecule has 0 saturated heterocycles. The number of methoxy groups -OCH3 is 2. The number of rotatable bonds is 4. The minimum absolute atomic E-state index is 0.271. The van der Waals surface area contributed by atoms with Gasteiger partial charge in [-0.05, 0) is 26.0 Å². The summed E-state index contributed by atoms with van der Waals surface area (Å²) >= 11 is 0. The Morgan fingerprint density at radius 1 is 1.05 bits per heavy atom. The standard InChI is InChI=1S/C15H17N3O3/c1-9-13(10(2)17-15(16-9)21-4)18-14(19)11-7-5-6-8-12(11)20-3/h5-8H,1-4H3,(H,18,19). The monoisotopic (exact) mass is 287 g/mol. The summed E-state index contributed by atoms with van der Waals surface area (Å²) in [4.78, 5) is 20.7. The van der Waals surface area contributed by atoms with Crippen molar-refractivity contribution in [2.24, 2.45) is 0 Å². The van der Waals surface area contributed by atoms with E-state index in [0.717, 1.165) is 0 Å². The molecule has 21 heavy (non-hydrogen) atoms. The van der Waals surface area contributed by atoms with Gasteiger partial charge in [-0.3, -0.25) is 4.79 Å². The predicted octanol–water partition coefficient (Wildman–Crippen LogP) is 2.36. The molecule has 0 spiro atoms. The summed E-state index contributed by atoms with van der Waals surface area (Å²) in [6, 6.07) is 7.30. The molecule has 0 aliphatic rings. The molecule has 0 bridgehead atoms. The van der Waals surface area contributed by atoms with Crippen molar-refractivity contribution in [1.82, 2.24) is 9.97 Å². The van der Waals surface area contributed by atoms with Crippen molar-refractivity contribution in [3.63, 3.8) is 0 Å². The maximum absolute atomic E-state index is 12.4. The summed E-state index contributed by atoms with van der Waals surface area (Å²) < 4.78 is 10.2. The fourth-order valence-corrected chi connectivity index (χ4v) is 1.97. The number of hydrogen-bond acceptors (Lipinski definition) is 5. The molecule has 1 aromatic carbocycles. The predicted molar refractivity (Wildman–Crippen MR) is 79.0 cm³/mol. The number of anilines is 1. The topological polar surface area (TPSA) is 73.3 Å². The summed E-state index contributed by atoms with van der Waals surface area (Å²) in [7, 11) is 3.03. The fraction of sp³-hybridized carbons (Fsp3) is 0.267. The van der Waals surface area contributed by atoms with E-state index in [1.807, 2.05) is 6.07 Å². The van der Waals surface area contributed by atoms with Crippen LogP contribution >= 0.6 is 0 Å². The van der Waals surface area contributed by atoms with Crippen LogP contribution in [-0.4, -0.2) is 30.1 Å². The number of hydrogen-bond donors (Lipinski definition) is 1. The molecular formula is C15H17N3O3. The Morgan fingerprint density at radius 2 is 1.67 bits per heavy atom. The van der Waals surface area contributed by atoms with E-state index in [0.29, 0.717) is 28.4 Å². The average molecular weight is 287 g/mol. The van der Waals surface area contributed by atoms with E-state index in [9.17, 15) is 4.79 Å². The summed E-state index contributed by atoms with van der Waals surface area (Å²) in [5.41, 5.74) is 2.31. The van der Waals surface area contributed by atoms with Gasteiger partial charge in [0, 0.05) is 0 Å². The zero-order chi connectivity index (χ0) is 15.4. The van der Waals surface area contributed by atoms with Gasteiger partial charge < -0.3 is 14.8 Å². The zero-order valence-electron chi connectivity index (χ0n) is 12.4. The maximum atomic E-state index is 12.4. The number of amides is 1. The normalized spacial score (nSPS) is 10.1. The Hall–Kier alpha value is -2.63. The van der Waals surface area contributed by atoms with Gasteiger partial charge >= 0.3 is 6.01 Å². The van der Waals surface area contributed by atoms with E-state index >= 15 is 0 Å². The molecule has 1 heterocycles. The lowest BCUT2D eigenvalue weighted by atomic mass is 10.1. The van der Waals surface area contributed by atoms with E-state index in [4.69, 9.17) is 9.47 Å². The van der Waals surface area contributed by atoms with Crippen molar-refractivity contribution in [2.75, 3.05) is 19.5 Å². The Kier molecular flexibility index (Phi) is 4.37. The molecule has 0 aliphatic carbocycles. The SMILES string of the molecule is COc1nc(C)c(NC(=O)c2ccccc2OC)c(C)n1. The van der Waals surface area contributed by atoms with Crippen LogP contribution in [-0.2, 0) is 0 Å². The minimum atomic E-state index is -0.271. The van der Waals surface area contributed by atoms with Crippen LogP contribution in [0, 0.1) is 13.8 Å². The molecule has 2 aromatic rings. The average Bonchev–Trinajstić information content (AvgIpc) is 2.50. The van der Waals surface area contributed by atoms with Gasteiger partial charge in [0.1, 0.15) is 5.75 Å². The van der Waals surface area contributed by atoms with Crippen LogP contribution in [0.2, 0.25) is 0 Å². The van der Waals surface area contributed by atoms with Gasteiger partial charge in [0.25, 0.3) is 5.91 Å². The van der Waals surface area contributed by atoms with Crippen molar-refractivity contribution in [1.29, 1.82) is 0 Å². The van der Waals surface area contributed by atoms with Gasteiger partial charge in [-0.2, -0.15) is 9.97 Å². The molecular weight excluding hydrogens is 270 g/mol. The Morgan fingerprint density at radius 3 is 2.24 bits per heavy atom. The van der Waals surface area contributed by atoms with Crippen molar-refractivity contribution in [3.05, 3.63) is 41.2 Å². The Labute approximate surface area is 123 Å². The van der Waals surface area contributed by atoms with Crippen LogP contribution in [0.15, 0.2) is 24.3 Å². The highest BCUT2D eigenvalue weighted by molar-refractivity contribution is 6.06. The minimum Gasteiger partial charge on any atom is -0.496 e. The Bertz CT molecular complexity index is 648. The summed E-state index contributed by atoms with van der Waals surface area (Å²) in [5, 5.41) is 2.82. The summed E-state index contributed by atoms with van der Waals surface area (Å²) in [6.45, 7) is 3.57. The van der Waals surface area contributed by atoms with E-state index in [-0.39, 0.29) is 11.9 Å². The third-order valence-electron chi connectivity index (χ3n) is 3.02. The number of carbonyl (C=O) groups is 1. The Balaban J connectivity index is 2.32. The third kappa shape index (κ3) is 3.10. The molecule has 0 unspecified atom stereocenters. The first kappa shape index (κ1) is 14.8. The molecule has 0 fully saturated rings. The van der Waals surface area contributed by atoms with Crippen molar-refractivity contribution in [3.8, 4) is 11.8 Å². The number of benzene rings is 1. The van der Waals surface area contributed by atoms with Crippen LogP contribution in [0.3, 0.4) is 0 Å². The van der Waals surface area contributed by atoms with Crippen LogP contribution in [0.25, 0.3) is 0 Å². The van der Waals surface area contributed by atoms with Gasteiger partial charge in [-0.1, -0.05) is 12.1 Å². The second kappa shape index (κ2) is 6.21. The van der Waals surface area contributed by atoms with Crippen molar-refractivity contribution < 1.29 is 14.3 Å². The lowest BCUT2D eigenvalue weighted by Gasteiger charge is -2.13. The first-order chi connectivity index (χ1) is 10.1. The van der Waals surface area contributed by atoms with E-state index in [2.05, 4.69) is 15.3 Å². The zero-order valence-corrected chi connectivity index (χ0v) is 12.4. The first-order valence-corrected chi connectivity index (χ1v) is 6.40. The van der Waals surface area contributed by atoms with Crippen molar-refractivity contribution in [2.45, 2.75) is 13.8 Å². The molecule has 110 valence electrons. The van der Waals surface area contributed by atoms with Crippen LogP contribution < -0.4 is 14.8 Å². The number of nitrogens with one attached hydrogen (secondary N) is 1. The first-order valence-electron chi connectivity index (χ1n) is 6.40. The highest BCUT2D eigenvalue weighted by Gasteiger charge is 2.16. The second-order valence-electron chi connectivity index (χ2n) is 4.41. The van der Waals surface area contributed by atoms with E-state index < -0.39 is 0 Å². The smallest absolute Gasteiger partial charge is 0.316 e. The lowest BCUT2D eigenvalue weighted by molar-refractivity contribution is 0.102. The van der Waals surface area contributed by atoms with Gasteiger partial charge in [-0.25, -0.2) is 0 Å². The van der Waals surface area contributed by atoms with Gasteiger partial charge in [0.15, 0.2) is 0 Å². The maximum Gasteiger partial charge on any atom is 0.316 e. The summed E-state index contributed by atoms with van der Waals surface area (Å²) in [5.74, 6) is 0.243. The molecule has 2 rings (SSSR count). The van der Waals surface area contributed by atoms with E-state index in [1.54, 1.807) is 32.0 Å². The van der Waals surface area contributed by atoms with Gasteiger partial charge in [0.05, 0.1) is 36.9 Å². The van der Waals surface area contributed by atoms with Gasteiger partial charge in [-0.15, -0.1) is 0 Å². The summed E-state index contributed by atoms with van der Waals surface area (Å²) in [6.07, 6.45) is 0. The molecule has 6 nitrogen and oxygen atoms in total. The third-order valence-corrected chi connectivity index (χ3v) is 3.02. The van der Waals surface area contributed by atoms with Crippen LogP contribution in [0.1, 0.15) is 21.7 Å². The highest BCUT2D eigenvalue weighted by Crippen LogP contribution is 2.23. The molecule has 0 saturated carbocycles. The number of carbonyl (C=O) groups excluding carboxylic acids is 1. The molecule has 0 atom stereocenters.